The molecule has 0 saturated carbocycles. The Kier molecular flexibility index (Phi) is 12.3. The minimum atomic E-state index is 1.26. The summed E-state index contributed by atoms with van der Waals surface area (Å²) in [5.41, 5.74) is 0. The summed E-state index contributed by atoms with van der Waals surface area (Å²) < 4.78 is 0. The standard InChI is InChI=1S/C12H25P/c1-2-3-4-5-6-7-8-9-10-11-12-13/h11-12H,2-10,13H2,1H3. The Bertz CT molecular complexity index is 108. The van der Waals surface area contributed by atoms with Crippen LogP contribution in [0.5, 0.6) is 0 Å². The Morgan fingerprint density at radius 1 is 0.846 bits per heavy atom. The molecule has 0 aromatic rings. The molecule has 0 aliphatic rings. The predicted molar refractivity (Wildman–Crippen MR) is 66.1 cm³/mol. The van der Waals surface area contributed by atoms with E-state index >= 15 is 0 Å². The summed E-state index contributed by atoms with van der Waals surface area (Å²) in [5, 5.41) is 0. The lowest BCUT2D eigenvalue weighted by Crippen LogP contribution is -1.79. The van der Waals surface area contributed by atoms with Gasteiger partial charge in [-0.15, -0.1) is 9.24 Å². The molecule has 0 saturated heterocycles. The van der Waals surface area contributed by atoms with Crippen LogP contribution in [0.15, 0.2) is 11.9 Å². The highest BCUT2D eigenvalue weighted by Crippen LogP contribution is 2.09. The molecule has 0 fully saturated rings. The lowest BCUT2D eigenvalue weighted by molar-refractivity contribution is 0.578. The monoisotopic (exact) mass is 200 g/mol. The van der Waals surface area contributed by atoms with E-state index in [2.05, 4.69) is 28.1 Å². The third-order valence-electron chi connectivity index (χ3n) is 2.36. The zero-order valence-corrected chi connectivity index (χ0v) is 10.3. The largest absolute Gasteiger partial charge is 0.114 e. The maximum atomic E-state index is 2.63. The average molecular weight is 200 g/mol. The molecule has 0 amide bonds. The van der Waals surface area contributed by atoms with Gasteiger partial charge in [0.05, 0.1) is 0 Å². The Morgan fingerprint density at radius 3 is 1.92 bits per heavy atom. The van der Waals surface area contributed by atoms with E-state index in [4.69, 9.17) is 0 Å². The van der Waals surface area contributed by atoms with Gasteiger partial charge in [-0.05, 0) is 12.8 Å². The van der Waals surface area contributed by atoms with Gasteiger partial charge in [-0.3, -0.25) is 0 Å². The van der Waals surface area contributed by atoms with Gasteiger partial charge in [-0.25, -0.2) is 0 Å². The van der Waals surface area contributed by atoms with E-state index in [0.717, 1.165) is 0 Å². The van der Waals surface area contributed by atoms with Crippen LogP contribution in [0.4, 0.5) is 0 Å². The summed E-state index contributed by atoms with van der Waals surface area (Å²) in [6, 6.07) is 0. The summed E-state index contributed by atoms with van der Waals surface area (Å²) in [6.45, 7) is 2.27. The predicted octanol–water partition coefficient (Wildman–Crippen LogP) is 4.91. The van der Waals surface area contributed by atoms with Gasteiger partial charge in [0.1, 0.15) is 0 Å². The van der Waals surface area contributed by atoms with Crippen LogP contribution in [0.25, 0.3) is 0 Å². The van der Waals surface area contributed by atoms with Crippen LogP contribution in [0.1, 0.15) is 64.7 Å². The Morgan fingerprint density at radius 2 is 1.38 bits per heavy atom. The molecule has 0 N–H and O–H groups in total. The summed E-state index contributed by atoms with van der Waals surface area (Å²) in [7, 11) is 2.63. The number of allylic oxidation sites excluding steroid dienone is 1. The molecule has 0 aromatic heterocycles. The first-order valence-electron chi connectivity index (χ1n) is 5.78. The lowest BCUT2D eigenvalue weighted by Gasteiger charge is -1.99. The number of hydrogen-bond donors (Lipinski definition) is 0. The van der Waals surface area contributed by atoms with E-state index in [1.165, 1.54) is 57.8 Å². The van der Waals surface area contributed by atoms with Gasteiger partial charge < -0.3 is 0 Å². The molecule has 0 nitrogen and oxygen atoms in total. The van der Waals surface area contributed by atoms with E-state index in [1.807, 2.05) is 0 Å². The van der Waals surface area contributed by atoms with Crippen LogP contribution in [0.2, 0.25) is 0 Å². The van der Waals surface area contributed by atoms with Crippen molar-refractivity contribution in [3.8, 4) is 0 Å². The number of rotatable bonds is 9. The third-order valence-corrected chi connectivity index (χ3v) is 2.63. The maximum absolute atomic E-state index is 2.63. The molecule has 0 aliphatic heterocycles. The topological polar surface area (TPSA) is 0 Å². The van der Waals surface area contributed by atoms with E-state index in [9.17, 15) is 0 Å². The van der Waals surface area contributed by atoms with Crippen molar-refractivity contribution in [3.05, 3.63) is 11.9 Å². The Hall–Kier alpha value is 0.170. The van der Waals surface area contributed by atoms with Gasteiger partial charge in [-0.1, -0.05) is 63.8 Å². The summed E-state index contributed by atoms with van der Waals surface area (Å²) in [6.07, 6.45) is 14.9. The molecule has 1 heteroatoms. The summed E-state index contributed by atoms with van der Waals surface area (Å²) in [4.78, 5) is 0. The third kappa shape index (κ3) is 12.2. The SMILES string of the molecule is CCCCCCCCCCC=CP. The minimum Gasteiger partial charge on any atom is -0.114 e. The molecule has 0 rings (SSSR count). The van der Waals surface area contributed by atoms with Crippen LogP contribution in [-0.2, 0) is 0 Å². The van der Waals surface area contributed by atoms with Gasteiger partial charge in [0.15, 0.2) is 0 Å². The van der Waals surface area contributed by atoms with Crippen LogP contribution < -0.4 is 0 Å². The minimum absolute atomic E-state index is 1.26. The van der Waals surface area contributed by atoms with Crippen molar-refractivity contribution in [2.45, 2.75) is 64.7 Å². The van der Waals surface area contributed by atoms with E-state index in [1.54, 1.807) is 0 Å². The van der Waals surface area contributed by atoms with Gasteiger partial charge in [0.2, 0.25) is 0 Å². The van der Waals surface area contributed by atoms with Crippen molar-refractivity contribution in [1.82, 2.24) is 0 Å². The quantitative estimate of drug-likeness (QED) is 0.366. The fraction of sp³-hybridized carbons (Fsp3) is 0.833. The van der Waals surface area contributed by atoms with Gasteiger partial charge in [0, 0.05) is 0 Å². The molecular weight excluding hydrogens is 175 g/mol. The fourth-order valence-electron chi connectivity index (χ4n) is 1.49. The highest BCUT2D eigenvalue weighted by molar-refractivity contribution is 7.20. The molecular formula is C12H25P. The van der Waals surface area contributed by atoms with Gasteiger partial charge >= 0.3 is 0 Å². The van der Waals surface area contributed by atoms with Gasteiger partial charge in [-0.2, -0.15) is 0 Å². The van der Waals surface area contributed by atoms with Crippen LogP contribution in [-0.4, -0.2) is 0 Å². The summed E-state index contributed by atoms with van der Waals surface area (Å²) in [5.74, 6) is 2.07. The first kappa shape index (κ1) is 13.2. The first-order valence-corrected chi connectivity index (χ1v) is 6.45. The molecule has 0 radical (unpaired) electrons. The normalized spacial score (nSPS) is 11.2. The van der Waals surface area contributed by atoms with Crippen molar-refractivity contribution in [1.29, 1.82) is 0 Å². The molecule has 0 spiro atoms. The second kappa shape index (κ2) is 12.2. The van der Waals surface area contributed by atoms with E-state index < -0.39 is 0 Å². The van der Waals surface area contributed by atoms with Crippen molar-refractivity contribution in [2.75, 3.05) is 0 Å². The molecule has 13 heavy (non-hydrogen) atoms. The first-order chi connectivity index (χ1) is 6.41. The average Bonchev–Trinajstić information content (AvgIpc) is 2.16. The highest BCUT2D eigenvalue weighted by Gasteiger charge is 1.89. The van der Waals surface area contributed by atoms with Crippen molar-refractivity contribution in [2.24, 2.45) is 0 Å². The molecule has 1 unspecified atom stereocenters. The Labute approximate surface area is 86.4 Å². The maximum Gasteiger partial charge on any atom is -0.0347 e. The Balaban J connectivity index is 2.83. The summed E-state index contributed by atoms with van der Waals surface area (Å²) >= 11 is 0. The molecule has 0 aliphatic carbocycles. The van der Waals surface area contributed by atoms with E-state index in [-0.39, 0.29) is 0 Å². The zero-order valence-electron chi connectivity index (χ0n) is 9.10. The second-order valence-electron chi connectivity index (χ2n) is 3.69. The second-order valence-corrected chi connectivity index (χ2v) is 4.08. The van der Waals surface area contributed by atoms with Crippen molar-refractivity contribution >= 4 is 9.24 Å². The smallest absolute Gasteiger partial charge is 0.0347 e. The fourth-order valence-corrected chi connectivity index (χ4v) is 1.68. The molecule has 1 atom stereocenters. The molecule has 0 bridgehead atoms. The highest BCUT2D eigenvalue weighted by atomic mass is 31.0. The molecule has 0 aromatic carbocycles. The van der Waals surface area contributed by atoms with Crippen LogP contribution in [0.3, 0.4) is 0 Å². The number of hydrogen-bond acceptors (Lipinski definition) is 0. The zero-order chi connectivity index (χ0) is 9.78. The van der Waals surface area contributed by atoms with E-state index in [0.29, 0.717) is 0 Å². The number of unbranched alkanes of at least 4 members (excludes halogenated alkanes) is 8. The van der Waals surface area contributed by atoms with Gasteiger partial charge in [0.25, 0.3) is 0 Å². The molecule has 78 valence electrons. The van der Waals surface area contributed by atoms with Crippen LogP contribution >= 0.6 is 9.24 Å². The van der Waals surface area contributed by atoms with Crippen molar-refractivity contribution in [3.63, 3.8) is 0 Å². The lowest BCUT2D eigenvalue weighted by atomic mass is 10.1. The van der Waals surface area contributed by atoms with Crippen molar-refractivity contribution < 1.29 is 0 Å². The van der Waals surface area contributed by atoms with Crippen LogP contribution in [0, 0.1) is 0 Å². The molecule has 0 heterocycles.